The quantitative estimate of drug-likeness (QED) is 0.631. The van der Waals surface area contributed by atoms with Gasteiger partial charge in [0.05, 0.1) is 4.75 Å². The Labute approximate surface area is 116 Å². The SMILES string of the molecule is CC(C)(CNc1ccc(N)cc1I)S(C)(=O)=O. The number of benzene rings is 1. The molecule has 0 heterocycles. The minimum absolute atomic E-state index is 0.367. The van der Waals surface area contributed by atoms with Crippen molar-refractivity contribution >= 4 is 43.8 Å². The number of anilines is 2. The zero-order valence-corrected chi connectivity index (χ0v) is 13.1. The number of rotatable bonds is 4. The maximum atomic E-state index is 11.6. The van der Waals surface area contributed by atoms with E-state index >= 15 is 0 Å². The molecule has 0 aliphatic carbocycles. The third-order valence-electron chi connectivity index (χ3n) is 2.70. The highest BCUT2D eigenvalue weighted by Gasteiger charge is 2.29. The van der Waals surface area contributed by atoms with Gasteiger partial charge < -0.3 is 11.1 Å². The monoisotopic (exact) mass is 368 g/mol. The molecule has 1 aromatic rings. The van der Waals surface area contributed by atoms with Crippen LogP contribution in [0.15, 0.2) is 18.2 Å². The van der Waals surface area contributed by atoms with Crippen molar-refractivity contribution in [2.45, 2.75) is 18.6 Å². The number of hydrogen-bond donors (Lipinski definition) is 2. The lowest BCUT2D eigenvalue weighted by atomic mass is 10.2. The lowest BCUT2D eigenvalue weighted by molar-refractivity contribution is 0.560. The molecule has 0 radical (unpaired) electrons. The predicted octanol–water partition coefficient (Wildman–Crippen LogP) is 2.11. The van der Waals surface area contributed by atoms with Crippen molar-refractivity contribution in [2.75, 3.05) is 23.9 Å². The van der Waals surface area contributed by atoms with Crippen LogP contribution >= 0.6 is 22.6 Å². The first kappa shape index (κ1) is 14.6. The number of nitrogens with one attached hydrogen (secondary N) is 1. The molecule has 0 amide bonds. The van der Waals surface area contributed by atoms with E-state index < -0.39 is 14.6 Å². The molecule has 1 aromatic carbocycles. The molecule has 96 valence electrons. The second-order valence-corrected chi connectivity index (χ2v) is 8.44. The Bertz CT molecular complexity index is 512. The Balaban J connectivity index is 2.81. The van der Waals surface area contributed by atoms with Gasteiger partial charge in [-0.3, -0.25) is 0 Å². The average Bonchev–Trinajstić information content (AvgIpc) is 2.14. The van der Waals surface area contributed by atoms with E-state index in [1.807, 2.05) is 12.1 Å². The largest absolute Gasteiger partial charge is 0.399 e. The van der Waals surface area contributed by atoms with Crippen LogP contribution in [0.5, 0.6) is 0 Å². The van der Waals surface area contributed by atoms with E-state index in [2.05, 4.69) is 27.9 Å². The van der Waals surface area contributed by atoms with Gasteiger partial charge in [-0.2, -0.15) is 0 Å². The number of nitrogens with two attached hydrogens (primary N) is 1. The van der Waals surface area contributed by atoms with Crippen molar-refractivity contribution in [3.8, 4) is 0 Å². The lowest BCUT2D eigenvalue weighted by Gasteiger charge is -2.23. The van der Waals surface area contributed by atoms with Gasteiger partial charge >= 0.3 is 0 Å². The van der Waals surface area contributed by atoms with Crippen molar-refractivity contribution in [3.63, 3.8) is 0 Å². The molecule has 0 fully saturated rings. The number of sulfone groups is 1. The third-order valence-corrected chi connectivity index (χ3v) is 5.75. The van der Waals surface area contributed by atoms with Gasteiger partial charge in [0, 0.05) is 27.7 Å². The molecule has 0 aliphatic heterocycles. The van der Waals surface area contributed by atoms with Crippen LogP contribution in [0.1, 0.15) is 13.8 Å². The number of halogens is 1. The molecule has 0 atom stereocenters. The Hall–Kier alpha value is -0.500. The highest BCUT2D eigenvalue weighted by Crippen LogP contribution is 2.23. The molecule has 0 aliphatic rings. The fraction of sp³-hybridized carbons (Fsp3) is 0.455. The smallest absolute Gasteiger partial charge is 0.154 e. The van der Waals surface area contributed by atoms with E-state index in [1.165, 1.54) is 6.26 Å². The van der Waals surface area contributed by atoms with Gasteiger partial charge in [-0.1, -0.05) is 0 Å². The number of hydrogen-bond acceptors (Lipinski definition) is 4. The summed E-state index contributed by atoms with van der Waals surface area (Å²) in [5, 5.41) is 3.14. The van der Waals surface area contributed by atoms with E-state index in [9.17, 15) is 8.42 Å². The summed E-state index contributed by atoms with van der Waals surface area (Å²) in [7, 11) is -3.08. The van der Waals surface area contributed by atoms with Gasteiger partial charge in [0.2, 0.25) is 0 Å². The highest BCUT2D eigenvalue weighted by molar-refractivity contribution is 14.1. The summed E-state index contributed by atoms with van der Waals surface area (Å²) in [6.45, 7) is 3.78. The minimum Gasteiger partial charge on any atom is -0.399 e. The summed E-state index contributed by atoms with van der Waals surface area (Å²) in [6, 6.07) is 5.49. The van der Waals surface area contributed by atoms with Gasteiger partial charge in [0.1, 0.15) is 0 Å². The first-order valence-corrected chi connectivity index (χ1v) is 8.09. The Morgan fingerprint density at radius 3 is 2.47 bits per heavy atom. The van der Waals surface area contributed by atoms with Gasteiger partial charge in [-0.25, -0.2) is 8.42 Å². The molecular weight excluding hydrogens is 351 g/mol. The summed E-state index contributed by atoms with van der Waals surface area (Å²) in [6.07, 6.45) is 1.25. The van der Waals surface area contributed by atoms with Crippen LogP contribution in [0, 0.1) is 3.57 Å². The van der Waals surface area contributed by atoms with Crippen LogP contribution in [-0.4, -0.2) is 26.0 Å². The van der Waals surface area contributed by atoms with Crippen molar-refractivity contribution in [2.24, 2.45) is 0 Å². The van der Waals surface area contributed by atoms with E-state index in [4.69, 9.17) is 5.73 Å². The predicted molar refractivity (Wildman–Crippen MR) is 81.0 cm³/mol. The first-order chi connectivity index (χ1) is 7.63. The molecular formula is C11H17IN2O2S. The molecule has 4 nitrogen and oxygen atoms in total. The summed E-state index contributed by atoms with van der Waals surface area (Å²) >= 11 is 2.17. The summed E-state index contributed by atoms with van der Waals surface area (Å²) in [4.78, 5) is 0. The molecule has 17 heavy (non-hydrogen) atoms. The van der Waals surface area contributed by atoms with Crippen LogP contribution < -0.4 is 11.1 Å². The van der Waals surface area contributed by atoms with Gasteiger partial charge in [-0.05, 0) is 54.6 Å². The van der Waals surface area contributed by atoms with Crippen molar-refractivity contribution in [1.29, 1.82) is 0 Å². The summed E-state index contributed by atoms with van der Waals surface area (Å²) in [5.41, 5.74) is 7.25. The van der Waals surface area contributed by atoms with Crippen LogP contribution in [0.4, 0.5) is 11.4 Å². The van der Waals surface area contributed by atoms with Crippen molar-refractivity contribution < 1.29 is 8.42 Å². The molecule has 1 rings (SSSR count). The third kappa shape index (κ3) is 3.74. The van der Waals surface area contributed by atoms with Gasteiger partial charge in [0.25, 0.3) is 0 Å². The van der Waals surface area contributed by atoms with E-state index in [0.717, 1.165) is 9.26 Å². The second-order valence-electron chi connectivity index (χ2n) is 4.62. The molecule has 0 spiro atoms. The molecule has 0 unspecified atom stereocenters. The molecule has 3 N–H and O–H groups in total. The maximum Gasteiger partial charge on any atom is 0.154 e. The zero-order chi connectivity index (χ0) is 13.3. The fourth-order valence-corrected chi connectivity index (χ4v) is 2.18. The van der Waals surface area contributed by atoms with Crippen molar-refractivity contribution in [1.82, 2.24) is 0 Å². The second kappa shape index (κ2) is 5.01. The Morgan fingerprint density at radius 2 is 2.00 bits per heavy atom. The van der Waals surface area contributed by atoms with Crippen molar-refractivity contribution in [3.05, 3.63) is 21.8 Å². The fourth-order valence-electron chi connectivity index (χ4n) is 1.11. The molecule has 6 heteroatoms. The van der Waals surface area contributed by atoms with E-state index in [1.54, 1.807) is 19.9 Å². The van der Waals surface area contributed by atoms with E-state index in [0.29, 0.717) is 12.2 Å². The lowest BCUT2D eigenvalue weighted by Crippen LogP contribution is -2.38. The Morgan fingerprint density at radius 1 is 1.41 bits per heavy atom. The normalized spacial score (nSPS) is 12.5. The van der Waals surface area contributed by atoms with Crippen LogP contribution in [0.3, 0.4) is 0 Å². The van der Waals surface area contributed by atoms with Gasteiger partial charge in [0.15, 0.2) is 9.84 Å². The summed E-state index contributed by atoms with van der Waals surface area (Å²) in [5.74, 6) is 0. The molecule has 0 saturated heterocycles. The molecule has 0 saturated carbocycles. The summed E-state index contributed by atoms with van der Waals surface area (Å²) < 4.78 is 23.3. The average molecular weight is 368 g/mol. The van der Waals surface area contributed by atoms with Gasteiger partial charge in [-0.15, -0.1) is 0 Å². The highest BCUT2D eigenvalue weighted by atomic mass is 127. The molecule has 0 bridgehead atoms. The van der Waals surface area contributed by atoms with E-state index in [-0.39, 0.29) is 0 Å². The first-order valence-electron chi connectivity index (χ1n) is 5.12. The minimum atomic E-state index is -3.08. The van der Waals surface area contributed by atoms with Crippen LogP contribution in [-0.2, 0) is 9.84 Å². The zero-order valence-electron chi connectivity index (χ0n) is 10.1. The standard InChI is InChI=1S/C11H17IN2O2S/c1-11(2,17(3,15)16)7-14-10-5-4-8(13)6-9(10)12/h4-6,14H,7,13H2,1-3H3. The number of nitrogen functional groups attached to an aromatic ring is 1. The van der Waals surface area contributed by atoms with Crippen LogP contribution in [0.25, 0.3) is 0 Å². The topological polar surface area (TPSA) is 72.2 Å². The Kier molecular flexibility index (Phi) is 4.29. The van der Waals surface area contributed by atoms with Crippen LogP contribution in [0.2, 0.25) is 0 Å². The maximum absolute atomic E-state index is 11.6. The molecule has 0 aromatic heterocycles.